The van der Waals surface area contributed by atoms with Crippen LogP contribution < -0.4 is 5.32 Å². The number of amides is 1. The molecule has 0 aromatic carbocycles. The summed E-state index contributed by atoms with van der Waals surface area (Å²) >= 11 is 4.02. The molecule has 0 spiro atoms. The first-order valence-electron chi connectivity index (χ1n) is 4.64. The van der Waals surface area contributed by atoms with Crippen LogP contribution in [0.15, 0.2) is 0 Å². The lowest BCUT2D eigenvalue weighted by atomic mass is 10.2. The molecule has 1 atom stereocenters. The van der Waals surface area contributed by atoms with Gasteiger partial charge in [-0.25, -0.2) is 0 Å². The second-order valence-corrected chi connectivity index (χ2v) is 3.80. The summed E-state index contributed by atoms with van der Waals surface area (Å²) in [5.74, 6) is 0.0369. The maximum absolute atomic E-state index is 11.0. The van der Waals surface area contributed by atoms with Crippen molar-refractivity contribution in [2.45, 2.75) is 44.8 Å². The van der Waals surface area contributed by atoms with E-state index in [4.69, 9.17) is 0 Å². The zero-order valence-corrected chi connectivity index (χ0v) is 8.86. The molecule has 12 heavy (non-hydrogen) atoms. The third kappa shape index (κ3) is 6.53. The molecule has 1 N–H and O–H groups in total. The lowest BCUT2D eigenvalue weighted by Gasteiger charge is -2.06. The monoisotopic (exact) mass is 189 g/mol. The van der Waals surface area contributed by atoms with Gasteiger partial charge in [0, 0.05) is 6.54 Å². The van der Waals surface area contributed by atoms with Crippen molar-refractivity contribution in [1.29, 1.82) is 0 Å². The Morgan fingerprint density at radius 1 is 1.42 bits per heavy atom. The van der Waals surface area contributed by atoms with Crippen molar-refractivity contribution in [2.75, 3.05) is 6.54 Å². The molecule has 0 bridgehead atoms. The van der Waals surface area contributed by atoms with E-state index in [0.717, 1.165) is 13.0 Å². The van der Waals surface area contributed by atoms with E-state index >= 15 is 0 Å². The van der Waals surface area contributed by atoms with E-state index in [9.17, 15) is 4.79 Å². The summed E-state index contributed by atoms with van der Waals surface area (Å²) in [4.78, 5) is 11.0. The fourth-order valence-corrected chi connectivity index (χ4v) is 1.00. The van der Waals surface area contributed by atoms with Crippen molar-refractivity contribution in [3.05, 3.63) is 0 Å². The minimum atomic E-state index is -0.184. The van der Waals surface area contributed by atoms with Crippen LogP contribution in [0, 0.1) is 0 Å². The third-order valence-electron chi connectivity index (χ3n) is 1.71. The number of unbranched alkanes of at least 4 members (excludes halogenated alkanes) is 3. The summed E-state index contributed by atoms with van der Waals surface area (Å²) in [6, 6.07) is 0. The largest absolute Gasteiger partial charge is 0.355 e. The molecule has 0 aliphatic heterocycles. The van der Waals surface area contributed by atoms with Gasteiger partial charge in [0.25, 0.3) is 0 Å². The molecule has 0 heterocycles. The number of rotatable bonds is 6. The standard InChI is InChI=1S/C9H19NOS/c1-3-4-5-6-7-10-9(11)8(2)12/h8,12H,3-7H2,1-2H3,(H,10,11). The van der Waals surface area contributed by atoms with Crippen LogP contribution in [0.3, 0.4) is 0 Å². The number of hydrogen-bond acceptors (Lipinski definition) is 2. The third-order valence-corrected chi connectivity index (χ3v) is 1.94. The summed E-state index contributed by atoms with van der Waals surface area (Å²) < 4.78 is 0. The van der Waals surface area contributed by atoms with Crippen molar-refractivity contribution in [2.24, 2.45) is 0 Å². The highest BCUT2D eigenvalue weighted by atomic mass is 32.1. The quantitative estimate of drug-likeness (QED) is 0.485. The Kier molecular flexibility index (Phi) is 7.36. The van der Waals surface area contributed by atoms with Gasteiger partial charge in [-0.1, -0.05) is 26.2 Å². The molecule has 0 saturated heterocycles. The molecule has 0 aliphatic rings. The highest BCUT2D eigenvalue weighted by molar-refractivity contribution is 7.81. The molecule has 2 nitrogen and oxygen atoms in total. The second kappa shape index (κ2) is 7.47. The van der Waals surface area contributed by atoms with Crippen LogP contribution in [0.1, 0.15) is 39.5 Å². The predicted octanol–water partition coefficient (Wildman–Crippen LogP) is 2.00. The molecule has 1 unspecified atom stereocenters. The number of hydrogen-bond donors (Lipinski definition) is 2. The average Bonchev–Trinajstić information content (AvgIpc) is 2.03. The Labute approximate surface area is 80.5 Å². The van der Waals surface area contributed by atoms with E-state index < -0.39 is 0 Å². The van der Waals surface area contributed by atoms with Crippen molar-refractivity contribution in [1.82, 2.24) is 5.32 Å². The van der Waals surface area contributed by atoms with Gasteiger partial charge in [-0.3, -0.25) is 4.79 Å². The van der Waals surface area contributed by atoms with Crippen LogP contribution in [0.4, 0.5) is 0 Å². The summed E-state index contributed by atoms with van der Waals surface area (Å²) in [6.45, 7) is 4.75. The van der Waals surface area contributed by atoms with Crippen molar-refractivity contribution >= 4 is 18.5 Å². The van der Waals surface area contributed by atoms with Gasteiger partial charge in [0.1, 0.15) is 0 Å². The normalized spacial score (nSPS) is 12.6. The SMILES string of the molecule is CCCCCCNC(=O)C(C)S. The maximum atomic E-state index is 11.0. The van der Waals surface area contributed by atoms with Gasteiger partial charge in [0.05, 0.1) is 5.25 Å². The molecule has 0 fully saturated rings. The molecule has 0 saturated carbocycles. The summed E-state index contributed by atoms with van der Waals surface area (Å²) in [5.41, 5.74) is 0. The minimum absolute atomic E-state index is 0.0369. The summed E-state index contributed by atoms with van der Waals surface area (Å²) in [6.07, 6.45) is 4.78. The topological polar surface area (TPSA) is 29.1 Å². The lowest BCUT2D eigenvalue weighted by molar-refractivity contribution is -0.120. The highest BCUT2D eigenvalue weighted by Crippen LogP contribution is 1.97. The van der Waals surface area contributed by atoms with E-state index in [1.54, 1.807) is 6.92 Å². The molecule has 3 heteroatoms. The van der Waals surface area contributed by atoms with Gasteiger partial charge in [-0.05, 0) is 13.3 Å². The predicted molar refractivity (Wildman–Crippen MR) is 55.6 cm³/mol. The number of carbonyl (C=O) groups is 1. The Hall–Kier alpha value is -0.180. The maximum Gasteiger partial charge on any atom is 0.232 e. The van der Waals surface area contributed by atoms with Crippen molar-refractivity contribution < 1.29 is 4.79 Å². The molecule has 0 radical (unpaired) electrons. The van der Waals surface area contributed by atoms with Gasteiger partial charge in [0.2, 0.25) is 5.91 Å². The Bertz CT molecular complexity index is 126. The second-order valence-electron chi connectivity index (χ2n) is 3.03. The van der Waals surface area contributed by atoms with Gasteiger partial charge >= 0.3 is 0 Å². The smallest absolute Gasteiger partial charge is 0.232 e. The first kappa shape index (κ1) is 11.8. The van der Waals surface area contributed by atoms with Gasteiger partial charge < -0.3 is 5.32 Å². The zero-order chi connectivity index (χ0) is 9.40. The first-order chi connectivity index (χ1) is 5.68. The van der Waals surface area contributed by atoms with Crippen LogP contribution in [0.2, 0.25) is 0 Å². The van der Waals surface area contributed by atoms with Crippen LogP contribution in [-0.2, 0) is 4.79 Å². The fourth-order valence-electron chi connectivity index (χ4n) is 0.911. The fraction of sp³-hybridized carbons (Fsp3) is 0.889. The molecule has 0 aromatic heterocycles. The first-order valence-corrected chi connectivity index (χ1v) is 5.16. The molecule has 72 valence electrons. The van der Waals surface area contributed by atoms with E-state index in [-0.39, 0.29) is 11.2 Å². The van der Waals surface area contributed by atoms with Crippen LogP contribution in [0.5, 0.6) is 0 Å². The highest BCUT2D eigenvalue weighted by Gasteiger charge is 2.04. The van der Waals surface area contributed by atoms with Gasteiger partial charge in [-0.2, -0.15) is 12.6 Å². The van der Waals surface area contributed by atoms with E-state index in [2.05, 4.69) is 24.9 Å². The summed E-state index contributed by atoms with van der Waals surface area (Å²) in [7, 11) is 0. The van der Waals surface area contributed by atoms with Crippen LogP contribution in [0.25, 0.3) is 0 Å². The number of nitrogens with one attached hydrogen (secondary N) is 1. The molecule has 0 aliphatic carbocycles. The Morgan fingerprint density at radius 2 is 2.08 bits per heavy atom. The van der Waals surface area contributed by atoms with E-state index in [0.29, 0.717) is 0 Å². The van der Waals surface area contributed by atoms with Crippen molar-refractivity contribution in [3.8, 4) is 0 Å². The molecule has 1 amide bonds. The average molecular weight is 189 g/mol. The van der Waals surface area contributed by atoms with Gasteiger partial charge in [-0.15, -0.1) is 0 Å². The van der Waals surface area contributed by atoms with Crippen LogP contribution >= 0.6 is 12.6 Å². The lowest BCUT2D eigenvalue weighted by Crippen LogP contribution is -2.30. The Morgan fingerprint density at radius 3 is 2.58 bits per heavy atom. The molecule has 0 aromatic rings. The van der Waals surface area contributed by atoms with Crippen LogP contribution in [-0.4, -0.2) is 17.7 Å². The molecule has 0 rings (SSSR count). The number of carbonyl (C=O) groups excluding carboxylic acids is 1. The van der Waals surface area contributed by atoms with Gasteiger partial charge in [0.15, 0.2) is 0 Å². The minimum Gasteiger partial charge on any atom is -0.355 e. The molecular formula is C9H19NOS. The molecular weight excluding hydrogens is 170 g/mol. The Balaban J connectivity index is 3.14. The van der Waals surface area contributed by atoms with Crippen molar-refractivity contribution in [3.63, 3.8) is 0 Å². The zero-order valence-electron chi connectivity index (χ0n) is 7.97. The number of thiol groups is 1. The van der Waals surface area contributed by atoms with E-state index in [1.807, 2.05) is 0 Å². The summed E-state index contributed by atoms with van der Waals surface area (Å²) in [5, 5.41) is 2.64. The van der Waals surface area contributed by atoms with E-state index in [1.165, 1.54) is 19.3 Å².